The van der Waals surface area contributed by atoms with Crippen LogP contribution >= 0.6 is 27.5 Å². The number of guanidine groups is 1. The van der Waals surface area contributed by atoms with Crippen LogP contribution in [-0.2, 0) is 0 Å². The maximum atomic E-state index is 13.1. The van der Waals surface area contributed by atoms with Crippen LogP contribution in [0.4, 0.5) is 22.0 Å². The molecule has 0 aliphatic heterocycles. The lowest BCUT2D eigenvalue weighted by molar-refractivity contribution is -0.283. The van der Waals surface area contributed by atoms with Crippen LogP contribution < -0.4 is 11.2 Å². The Labute approximate surface area is 141 Å². The molecular weight excluding hydrogens is 411 g/mol. The molecule has 4 N–H and O–H groups in total. The maximum absolute atomic E-state index is 13.1. The van der Waals surface area contributed by atoms with Gasteiger partial charge >= 0.3 is 12.1 Å². The molecule has 0 spiro atoms. The summed E-state index contributed by atoms with van der Waals surface area (Å²) in [6, 6.07) is 4.33. The van der Waals surface area contributed by atoms with Gasteiger partial charge in [-0.25, -0.2) is 5.43 Å². The van der Waals surface area contributed by atoms with Gasteiger partial charge in [-0.3, -0.25) is 5.41 Å². The van der Waals surface area contributed by atoms with Crippen molar-refractivity contribution >= 4 is 39.2 Å². The van der Waals surface area contributed by atoms with Gasteiger partial charge in [0.1, 0.15) is 0 Å². The van der Waals surface area contributed by atoms with Crippen LogP contribution in [0.2, 0.25) is 5.02 Å². The summed E-state index contributed by atoms with van der Waals surface area (Å²) in [5.41, 5.74) is 7.12. The first kappa shape index (κ1) is 19.6. The minimum Gasteiger partial charge on any atom is -0.369 e. The number of hydrazone groups is 1. The van der Waals surface area contributed by atoms with Crippen LogP contribution in [0.3, 0.4) is 0 Å². The molecule has 1 rings (SSSR count). The molecule has 0 amide bonds. The zero-order valence-corrected chi connectivity index (χ0v) is 13.7. The molecule has 23 heavy (non-hydrogen) atoms. The predicted octanol–water partition coefficient (Wildman–Crippen LogP) is 4.27. The zero-order chi connectivity index (χ0) is 17.8. The monoisotopic (exact) mass is 420 g/mol. The van der Waals surface area contributed by atoms with Gasteiger partial charge < -0.3 is 5.73 Å². The van der Waals surface area contributed by atoms with E-state index in [1.807, 2.05) is 5.43 Å². The van der Waals surface area contributed by atoms with Crippen molar-refractivity contribution in [2.24, 2.45) is 10.8 Å². The Balaban J connectivity index is 3.10. The van der Waals surface area contributed by atoms with E-state index in [0.717, 1.165) is 0 Å². The molecule has 0 atom stereocenters. The number of halogens is 7. The highest BCUT2D eigenvalue weighted by Gasteiger charge is 2.56. The van der Waals surface area contributed by atoms with E-state index in [2.05, 4.69) is 21.0 Å². The van der Waals surface area contributed by atoms with Gasteiger partial charge in [-0.05, 0) is 24.6 Å². The van der Waals surface area contributed by atoms with Crippen molar-refractivity contribution < 1.29 is 22.0 Å². The zero-order valence-electron chi connectivity index (χ0n) is 11.3. The smallest absolute Gasteiger partial charge is 0.369 e. The van der Waals surface area contributed by atoms with Crippen molar-refractivity contribution in [3.63, 3.8) is 0 Å². The van der Waals surface area contributed by atoms with Crippen LogP contribution in [0.1, 0.15) is 18.4 Å². The van der Waals surface area contributed by atoms with Crippen molar-refractivity contribution in [1.82, 2.24) is 5.43 Å². The number of rotatable bonds is 5. The van der Waals surface area contributed by atoms with E-state index >= 15 is 0 Å². The van der Waals surface area contributed by atoms with Gasteiger partial charge in [-0.15, -0.1) is 0 Å². The van der Waals surface area contributed by atoms with Gasteiger partial charge in [-0.2, -0.15) is 27.1 Å². The maximum Gasteiger partial charge on any atom is 0.453 e. The normalized spacial score (nSPS) is 13.1. The van der Waals surface area contributed by atoms with Crippen LogP contribution in [0.5, 0.6) is 0 Å². The number of hydrogen-bond acceptors (Lipinski definition) is 2. The van der Waals surface area contributed by atoms with E-state index in [9.17, 15) is 22.0 Å². The first-order valence-corrected chi connectivity index (χ1v) is 7.17. The summed E-state index contributed by atoms with van der Waals surface area (Å²) in [5, 5.41) is 10.8. The summed E-state index contributed by atoms with van der Waals surface area (Å²) in [6.07, 6.45) is -7.88. The van der Waals surface area contributed by atoms with Gasteiger partial charge in [0.2, 0.25) is 5.96 Å². The van der Waals surface area contributed by atoms with E-state index in [4.69, 9.17) is 22.7 Å². The minimum absolute atomic E-state index is 0.154. The third-order valence-electron chi connectivity index (χ3n) is 2.64. The van der Waals surface area contributed by atoms with Crippen LogP contribution in [0.25, 0.3) is 0 Å². The Morgan fingerprint density at radius 1 is 1.30 bits per heavy atom. The number of benzene rings is 1. The summed E-state index contributed by atoms with van der Waals surface area (Å²) < 4.78 is 63.3. The molecule has 0 saturated carbocycles. The molecule has 0 heterocycles. The molecule has 0 saturated heterocycles. The van der Waals surface area contributed by atoms with Crippen molar-refractivity contribution in [3.8, 4) is 0 Å². The second-order valence-corrected chi connectivity index (χ2v) is 5.70. The fourth-order valence-corrected chi connectivity index (χ4v) is 2.16. The molecule has 0 radical (unpaired) electrons. The number of alkyl halides is 5. The molecular formula is C12H11BrClF5N4. The van der Waals surface area contributed by atoms with Crippen molar-refractivity contribution in [2.75, 3.05) is 0 Å². The molecule has 0 aliphatic carbocycles. The lowest BCUT2D eigenvalue weighted by Crippen LogP contribution is -2.37. The average molecular weight is 422 g/mol. The van der Waals surface area contributed by atoms with Gasteiger partial charge in [0, 0.05) is 21.5 Å². The number of nitrogens with zero attached hydrogens (tertiary/aromatic N) is 1. The summed E-state index contributed by atoms with van der Waals surface area (Å²) in [5.74, 6) is -5.46. The number of nitrogens with one attached hydrogen (secondary N) is 2. The Hall–Kier alpha value is -1.42. The molecule has 11 heteroatoms. The van der Waals surface area contributed by atoms with Crippen molar-refractivity contribution in [1.29, 1.82) is 5.41 Å². The van der Waals surface area contributed by atoms with Crippen LogP contribution in [0, 0.1) is 5.41 Å². The number of hydrogen-bond donors (Lipinski definition) is 3. The molecule has 128 valence electrons. The van der Waals surface area contributed by atoms with Crippen LogP contribution in [0.15, 0.2) is 27.8 Å². The Bertz CT molecular complexity index is 618. The third kappa shape index (κ3) is 5.61. The fourth-order valence-electron chi connectivity index (χ4n) is 1.51. The molecule has 1 aromatic rings. The molecule has 1 aromatic carbocycles. The Morgan fingerprint density at radius 2 is 1.91 bits per heavy atom. The summed E-state index contributed by atoms with van der Waals surface area (Å²) in [6.45, 7) is 0. The second kappa shape index (κ2) is 7.43. The quantitative estimate of drug-likeness (QED) is 0.287. The predicted molar refractivity (Wildman–Crippen MR) is 81.0 cm³/mol. The molecule has 0 bridgehead atoms. The van der Waals surface area contributed by atoms with E-state index in [1.165, 1.54) is 18.2 Å². The first-order valence-electron chi connectivity index (χ1n) is 6.00. The molecule has 4 nitrogen and oxygen atoms in total. The highest BCUT2D eigenvalue weighted by molar-refractivity contribution is 9.10. The van der Waals surface area contributed by atoms with Crippen LogP contribution in [-0.4, -0.2) is 23.8 Å². The number of nitrogens with two attached hydrogens (primary N) is 1. The molecule has 0 aliphatic rings. The van der Waals surface area contributed by atoms with Gasteiger partial charge in [0.25, 0.3) is 0 Å². The van der Waals surface area contributed by atoms with E-state index in [-0.39, 0.29) is 16.3 Å². The highest BCUT2D eigenvalue weighted by Crippen LogP contribution is 2.39. The molecule has 0 fully saturated rings. The SMILES string of the molecule is N=C(N)N/N=C(\CCC(F)(F)C(F)(F)F)c1cc(Cl)ccc1Br. The molecule has 0 aromatic heterocycles. The second-order valence-electron chi connectivity index (χ2n) is 4.41. The Morgan fingerprint density at radius 3 is 2.43 bits per heavy atom. The fraction of sp³-hybridized carbons (Fsp3) is 0.333. The van der Waals surface area contributed by atoms with E-state index in [1.54, 1.807) is 0 Å². The standard InChI is InChI=1S/C12H11BrClF5N4/c13-8-2-1-6(14)5-7(8)9(22-23-10(20)21)3-4-11(15,16)12(17,18)19/h1-2,5H,3-4H2,(H4,20,21,23)/b22-9+. The van der Waals surface area contributed by atoms with Gasteiger partial charge in [0.05, 0.1) is 5.71 Å². The topological polar surface area (TPSA) is 74.3 Å². The lowest BCUT2D eigenvalue weighted by Gasteiger charge is -2.20. The van der Waals surface area contributed by atoms with E-state index < -0.39 is 30.9 Å². The summed E-state index contributed by atoms with van der Waals surface area (Å²) in [7, 11) is 0. The summed E-state index contributed by atoms with van der Waals surface area (Å²) >= 11 is 8.93. The highest BCUT2D eigenvalue weighted by atomic mass is 79.9. The largest absolute Gasteiger partial charge is 0.453 e. The van der Waals surface area contributed by atoms with E-state index in [0.29, 0.717) is 4.47 Å². The average Bonchev–Trinajstić information content (AvgIpc) is 2.40. The summed E-state index contributed by atoms with van der Waals surface area (Å²) in [4.78, 5) is 0. The van der Waals surface area contributed by atoms with Crippen molar-refractivity contribution in [2.45, 2.75) is 24.9 Å². The Kier molecular flexibility index (Phi) is 6.34. The van der Waals surface area contributed by atoms with Gasteiger partial charge in [-0.1, -0.05) is 27.5 Å². The minimum atomic E-state index is -5.66. The molecule has 0 unspecified atom stereocenters. The third-order valence-corrected chi connectivity index (χ3v) is 3.57. The van der Waals surface area contributed by atoms with Crippen molar-refractivity contribution in [3.05, 3.63) is 33.3 Å². The lowest BCUT2D eigenvalue weighted by atomic mass is 10.0. The first-order chi connectivity index (χ1) is 10.4. The van der Waals surface area contributed by atoms with Gasteiger partial charge in [0.15, 0.2) is 0 Å².